The van der Waals surface area contributed by atoms with Gasteiger partial charge in [-0.3, -0.25) is 4.79 Å². The first-order valence-corrected chi connectivity index (χ1v) is 6.82. The standard InChI is InChI=1S/C15H14O3S/c1-10-8-9-19-14(10)15(17)18-11(2)13(16)12-6-4-3-5-7-12/h3-9,11H,1-2H3. The highest BCUT2D eigenvalue weighted by molar-refractivity contribution is 7.12. The maximum atomic E-state index is 12.1. The van der Waals surface area contributed by atoms with Crippen LogP contribution in [0.1, 0.15) is 32.5 Å². The first-order chi connectivity index (χ1) is 9.09. The van der Waals surface area contributed by atoms with E-state index in [4.69, 9.17) is 4.74 Å². The van der Waals surface area contributed by atoms with Crippen molar-refractivity contribution in [2.24, 2.45) is 0 Å². The first-order valence-electron chi connectivity index (χ1n) is 5.94. The van der Waals surface area contributed by atoms with E-state index in [1.165, 1.54) is 11.3 Å². The van der Waals surface area contributed by atoms with Crippen LogP contribution in [0.3, 0.4) is 0 Å². The van der Waals surface area contributed by atoms with Crippen molar-refractivity contribution in [3.8, 4) is 0 Å². The molecule has 2 aromatic rings. The molecule has 0 saturated carbocycles. The summed E-state index contributed by atoms with van der Waals surface area (Å²) in [7, 11) is 0. The van der Waals surface area contributed by atoms with Gasteiger partial charge in [0.2, 0.25) is 5.78 Å². The number of carbonyl (C=O) groups is 2. The van der Waals surface area contributed by atoms with E-state index >= 15 is 0 Å². The molecular weight excluding hydrogens is 260 g/mol. The molecule has 1 unspecified atom stereocenters. The zero-order chi connectivity index (χ0) is 13.8. The largest absolute Gasteiger partial charge is 0.450 e. The molecule has 1 heterocycles. The summed E-state index contributed by atoms with van der Waals surface area (Å²) >= 11 is 1.32. The molecule has 3 nitrogen and oxygen atoms in total. The van der Waals surface area contributed by atoms with Gasteiger partial charge in [-0.2, -0.15) is 0 Å². The van der Waals surface area contributed by atoms with Crippen LogP contribution in [-0.4, -0.2) is 17.9 Å². The Morgan fingerprint density at radius 2 is 1.84 bits per heavy atom. The number of thiophene rings is 1. The molecule has 0 N–H and O–H groups in total. The number of hydrogen-bond donors (Lipinski definition) is 0. The second-order valence-corrected chi connectivity index (χ2v) is 5.13. The Bertz CT molecular complexity index is 586. The van der Waals surface area contributed by atoms with E-state index in [2.05, 4.69) is 0 Å². The van der Waals surface area contributed by atoms with Crippen molar-refractivity contribution in [1.29, 1.82) is 0 Å². The quantitative estimate of drug-likeness (QED) is 0.633. The van der Waals surface area contributed by atoms with Gasteiger partial charge in [0.1, 0.15) is 4.88 Å². The van der Waals surface area contributed by atoms with Crippen LogP contribution in [0.5, 0.6) is 0 Å². The molecule has 19 heavy (non-hydrogen) atoms. The number of Topliss-reactive ketones (excluding diaryl/α,β-unsaturated/α-hetero) is 1. The van der Waals surface area contributed by atoms with E-state index in [1.807, 2.05) is 24.4 Å². The molecule has 0 spiro atoms. The summed E-state index contributed by atoms with van der Waals surface area (Å²) < 4.78 is 5.21. The molecule has 0 saturated heterocycles. The maximum absolute atomic E-state index is 12.1. The summed E-state index contributed by atoms with van der Waals surface area (Å²) in [4.78, 5) is 24.5. The lowest BCUT2D eigenvalue weighted by molar-refractivity contribution is 0.0323. The van der Waals surface area contributed by atoms with Gasteiger partial charge in [0.05, 0.1) is 0 Å². The molecule has 0 amide bonds. The Labute approximate surface area is 115 Å². The van der Waals surface area contributed by atoms with Gasteiger partial charge in [-0.05, 0) is 30.9 Å². The van der Waals surface area contributed by atoms with Crippen molar-refractivity contribution >= 4 is 23.1 Å². The highest BCUT2D eigenvalue weighted by atomic mass is 32.1. The predicted molar refractivity (Wildman–Crippen MR) is 74.7 cm³/mol. The van der Waals surface area contributed by atoms with Crippen molar-refractivity contribution in [3.63, 3.8) is 0 Å². The van der Waals surface area contributed by atoms with E-state index in [0.717, 1.165) is 5.56 Å². The molecule has 1 atom stereocenters. The average molecular weight is 274 g/mol. The predicted octanol–water partition coefficient (Wildman–Crippen LogP) is 3.48. The Balaban J connectivity index is 2.06. The third-order valence-electron chi connectivity index (χ3n) is 2.76. The van der Waals surface area contributed by atoms with E-state index in [-0.39, 0.29) is 5.78 Å². The van der Waals surface area contributed by atoms with Gasteiger partial charge >= 0.3 is 5.97 Å². The molecule has 0 fully saturated rings. The third kappa shape index (κ3) is 3.09. The highest BCUT2D eigenvalue weighted by Gasteiger charge is 2.21. The summed E-state index contributed by atoms with van der Waals surface area (Å²) in [5.41, 5.74) is 1.42. The normalized spacial score (nSPS) is 11.9. The SMILES string of the molecule is Cc1ccsc1C(=O)OC(C)C(=O)c1ccccc1. The fourth-order valence-corrected chi connectivity index (χ4v) is 2.49. The zero-order valence-corrected chi connectivity index (χ0v) is 11.6. The first kappa shape index (κ1) is 13.5. The molecule has 2 rings (SSSR count). The van der Waals surface area contributed by atoms with E-state index in [1.54, 1.807) is 31.2 Å². The van der Waals surface area contributed by atoms with Gasteiger partial charge in [-0.25, -0.2) is 4.79 Å². The molecule has 4 heteroatoms. The summed E-state index contributed by atoms with van der Waals surface area (Å²) in [6, 6.07) is 10.7. The number of benzene rings is 1. The van der Waals surface area contributed by atoms with Crippen molar-refractivity contribution in [2.45, 2.75) is 20.0 Å². The lowest BCUT2D eigenvalue weighted by atomic mass is 10.1. The number of esters is 1. The van der Waals surface area contributed by atoms with Crippen LogP contribution in [0, 0.1) is 6.92 Å². The van der Waals surface area contributed by atoms with Gasteiger partial charge in [-0.15, -0.1) is 11.3 Å². The van der Waals surface area contributed by atoms with Crippen LogP contribution >= 0.6 is 11.3 Å². The number of hydrogen-bond acceptors (Lipinski definition) is 4. The minimum atomic E-state index is -0.781. The van der Waals surface area contributed by atoms with Gasteiger partial charge < -0.3 is 4.74 Å². The van der Waals surface area contributed by atoms with Crippen molar-refractivity contribution in [2.75, 3.05) is 0 Å². The topological polar surface area (TPSA) is 43.4 Å². The van der Waals surface area contributed by atoms with Gasteiger partial charge in [0, 0.05) is 5.56 Å². The minimum absolute atomic E-state index is 0.192. The average Bonchev–Trinajstić information content (AvgIpc) is 2.85. The Morgan fingerprint density at radius 3 is 2.42 bits per heavy atom. The van der Waals surface area contributed by atoms with Gasteiger partial charge in [-0.1, -0.05) is 30.3 Å². The lowest BCUT2D eigenvalue weighted by Crippen LogP contribution is -2.24. The molecule has 0 bridgehead atoms. The molecule has 98 valence electrons. The fourth-order valence-electron chi connectivity index (χ4n) is 1.69. The molecular formula is C15H14O3S. The highest BCUT2D eigenvalue weighted by Crippen LogP contribution is 2.18. The number of ketones is 1. The second-order valence-electron chi connectivity index (χ2n) is 4.21. The number of aryl methyl sites for hydroxylation is 1. The van der Waals surface area contributed by atoms with Crippen LogP contribution in [0.15, 0.2) is 41.8 Å². The fraction of sp³-hybridized carbons (Fsp3) is 0.200. The monoisotopic (exact) mass is 274 g/mol. The molecule has 0 aliphatic heterocycles. The van der Waals surface area contributed by atoms with Crippen molar-refractivity contribution in [3.05, 3.63) is 57.8 Å². The third-order valence-corrected chi connectivity index (χ3v) is 3.76. The summed E-state index contributed by atoms with van der Waals surface area (Å²) in [6.07, 6.45) is -0.781. The summed E-state index contributed by atoms with van der Waals surface area (Å²) in [5.74, 6) is -0.632. The Morgan fingerprint density at radius 1 is 1.16 bits per heavy atom. The van der Waals surface area contributed by atoms with E-state index in [0.29, 0.717) is 10.4 Å². The number of carbonyl (C=O) groups excluding carboxylic acids is 2. The van der Waals surface area contributed by atoms with Crippen molar-refractivity contribution < 1.29 is 14.3 Å². The lowest BCUT2D eigenvalue weighted by Gasteiger charge is -2.11. The summed E-state index contributed by atoms with van der Waals surface area (Å²) in [6.45, 7) is 3.44. The minimum Gasteiger partial charge on any atom is -0.450 e. The second kappa shape index (κ2) is 5.80. The summed E-state index contributed by atoms with van der Waals surface area (Å²) in [5, 5.41) is 1.83. The van der Waals surface area contributed by atoms with Crippen molar-refractivity contribution in [1.82, 2.24) is 0 Å². The number of rotatable bonds is 4. The van der Waals surface area contributed by atoms with Gasteiger partial charge in [0.25, 0.3) is 0 Å². The molecule has 0 aliphatic carbocycles. The number of ether oxygens (including phenoxy) is 1. The van der Waals surface area contributed by atoms with Crippen LogP contribution in [0.2, 0.25) is 0 Å². The molecule has 1 aromatic heterocycles. The molecule has 0 radical (unpaired) electrons. The van der Waals surface area contributed by atoms with E-state index < -0.39 is 12.1 Å². The molecule has 1 aromatic carbocycles. The van der Waals surface area contributed by atoms with Crippen LogP contribution in [0.4, 0.5) is 0 Å². The van der Waals surface area contributed by atoms with Crippen LogP contribution in [0.25, 0.3) is 0 Å². The zero-order valence-electron chi connectivity index (χ0n) is 10.8. The smallest absolute Gasteiger partial charge is 0.349 e. The van der Waals surface area contributed by atoms with Crippen LogP contribution < -0.4 is 0 Å². The van der Waals surface area contributed by atoms with Crippen LogP contribution in [-0.2, 0) is 4.74 Å². The maximum Gasteiger partial charge on any atom is 0.349 e. The molecule has 0 aliphatic rings. The Hall–Kier alpha value is -1.94. The Kier molecular flexibility index (Phi) is 4.12. The van der Waals surface area contributed by atoms with Gasteiger partial charge in [0.15, 0.2) is 6.10 Å². The van der Waals surface area contributed by atoms with E-state index in [9.17, 15) is 9.59 Å².